The topological polar surface area (TPSA) is 53.9 Å². The molecule has 0 aliphatic rings. The van der Waals surface area contributed by atoms with E-state index in [1.165, 1.54) is 6.08 Å². The van der Waals surface area contributed by atoms with Crippen LogP contribution in [0.15, 0.2) is 6.08 Å². The molecule has 0 spiro atoms. The van der Waals surface area contributed by atoms with E-state index in [9.17, 15) is 4.79 Å². The van der Waals surface area contributed by atoms with Gasteiger partial charge in [-0.3, -0.25) is 0 Å². The number of allylic oxidation sites excluding steroid dienone is 1. The predicted molar refractivity (Wildman–Crippen MR) is 33.2 cm³/mol. The van der Waals surface area contributed by atoms with E-state index < -0.39 is 0 Å². The molecule has 0 fully saturated rings. The molecule has 0 aromatic rings. The first-order valence-corrected chi connectivity index (χ1v) is 2.98. The summed E-state index contributed by atoms with van der Waals surface area (Å²) >= 11 is 0. The molecule has 0 bridgehead atoms. The Labute approximate surface area is 66.6 Å². The third-order valence-corrected chi connectivity index (χ3v) is 0.865. The zero-order valence-corrected chi connectivity index (χ0v) is 6.56. The van der Waals surface area contributed by atoms with Gasteiger partial charge in [-0.1, -0.05) is 0 Å². The summed E-state index contributed by atoms with van der Waals surface area (Å²) in [6.07, 6.45) is 3.10. The van der Waals surface area contributed by atoms with E-state index >= 15 is 0 Å². The number of carbonyl (C=O) groups excluding carboxylic acids is 1. The van der Waals surface area contributed by atoms with Crippen LogP contribution in [0.2, 0.25) is 0 Å². The molecule has 0 aliphatic carbocycles. The highest BCUT2D eigenvalue weighted by Gasteiger charge is 1.83. The number of quaternary nitrogens is 1. The highest BCUT2D eigenvalue weighted by Crippen LogP contribution is 1.87. The van der Waals surface area contributed by atoms with Crippen LogP contribution in [0.25, 0.3) is 0 Å². The monoisotopic (exact) mass is 165 g/mol. The summed E-state index contributed by atoms with van der Waals surface area (Å²) in [6.45, 7) is 1.19. The molecule has 0 rings (SSSR count). The first kappa shape index (κ1) is 12.3. The molecule has 4 heteroatoms. The molecule has 0 heterocycles. The lowest BCUT2D eigenvalue weighted by Crippen LogP contribution is -3.00. The Kier molecular flexibility index (Phi) is 14.1. The van der Waals surface area contributed by atoms with Crippen LogP contribution in [0.5, 0.6) is 0 Å². The van der Waals surface area contributed by atoms with Crippen LogP contribution in [-0.2, 0) is 9.53 Å². The third kappa shape index (κ3) is 10.6. The summed E-state index contributed by atoms with van der Waals surface area (Å²) in [6, 6.07) is 0. The summed E-state index contributed by atoms with van der Waals surface area (Å²) in [5.74, 6) is 1.70. The second-order valence-electron chi connectivity index (χ2n) is 1.58. The Morgan fingerprint density at radius 3 is 2.80 bits per heavy atom. The van der Waals surface area contributed by atoms with Gasteiger partial charge >= 0.3 is 0 Å². The van der Waals surface area contributed by atoms with Gasteiger partial charge in [-0.25, -0.2) is 4.79 Å². The van der Waals surface area contributed by atoms with Crippen molar-refractivity contribution in [3.8, 4) is 0 Å². The van der Waals surface area contributed by atoms with Crippen molar-refractivity contribution in [3.05, 3.63) is 6.08 Å². The molecule has 0 aliphatic heterocycles. The van der Waals surface area contributed by atoms with Crippen LogP contribution in [0.3, 0.4) is 0 Å². The van der Waals surface area contributed by atoms with Crippen LogP contribution in [0.4, 0.5) is 0 Å². The maximum absolute atomic E-state index is 9.60. The van der Waals surface area contributed by atoms with Crippen LogP contribution < -0.4 is 18.1 Å². The first-order chi connectivity index (χ1) is 4.41. The van der Waals surface area contributed by atoms with Crippen molar-refractivity contribution >= 4 is 5.94 Å². The Morgan fingerprint density at radius 1 is 1.60 bits per heavy atom. The number of hydrogen-bond donors (Lipinski definition) is 1. The van der Waals surface area contributed by atoms with Crippen LogP contribution in [0, 0.1) is 0 Å². The molecular weight excluding hydrogens is 154 g/mol. The van der Waals surface area contributed by atoms with E-state index in [2.05, 4.69) is 5.73 Å². The summed E-state index contributed by atoms with van der Waals surface area (Å²) in [5.41, 5.74) is 3.49. The lowest BCUT2D eigenvalue weighted by Gasteiger charge is -1.92. The molecule has 0 aromatic carbocycles. The van der Waals surface area contributed by atoms with E-state index in [0.717, 1.165) is 12.8 Å². The molecule has 0 radical (unpaired) electrons. The number of rotatable bonds is 5. The van der Waals surface area contributed by atoms with Gasteiger partial charge in [0.15, 0.2) is 6.73 Å². The molecular formula is C6H12ClNO2. The molecule has 3 N–H and O–H groups in total. The van der Waals surface area contributed by atoms with Crippen molar-refractivity contribution in [1.29, 1.82) is 0 Å². The predicted octanol–water partition coefficient (Wildman–Crippen LogP) is -3.63. The average Bonchev–Trinajstić information content (AvgIpc) is 1.89. The molecule has 0 unspecified atom stereocenters. The SMILES string of the molecule is [Cl-].[NH3+]COCCCC=C=O. The normalized spacial score (nSPS) is 7.70. The standard InChI is InChI=1S/C6H11NO2.ClH/c7-6-9-5-3-1-2-4-8;/h2H,1,3,5-7H2;1H. The van der Waals surface area contributed by atoms with Gasteiger partial charge in [0.2, 0.25) is 0 Å². The largest absolute Gasteiger partial charge is 1.00 e. The van der Waals surface area contributed by atoms with Crippen LogP contribution >= 0.6 is 0 Å². The minimum Gasteiger partial charge on any atom is -1.00 e. The maximum Gasteiger partial charge on any atom is 0.178 e. The third-order valence-electron chi connectivity index (χ3n) is 0.865. The molecule has 0 amide bonds. The fourth-order valence-electron chi connectivity index (χ4n) is 0.448. The minimum absolute atomic E-state index is 0. The van der Waals surface area contributed by atoms with E-state index in [4.69, 9.17) is 4.74 Å². The molecule has 0 saturated heterocycles. The van der Waals surface area contributed by atoms with Crippen LogP contribution in [-0.4, -0.2) is 19.3 Å². The molecule has 10 heavy (non-hydrogen) atoms. The van der Waals surface area contributed by atoms with E-state index in [0.29, 0.717) is 13.3 Å². The molecule has 0 atom stereocenters. The lowest BCUT2D eigenvalue weighted by molar-refractivity contribution is -0.430. The summed E-state index contributed by atoms with van der Waals surface area (Å²) in [7, 11) is 0. The van der Waals surface area contributed by atoms with Crippen molar-refractivity contribution in [1.82, 2.24) is 0 Å². The number of hydrogen-bond acceptors (Lipinski definition) is 2. The summed E-state index contributed by atoms with van der Waals surface area (Å²) in [4.78, 5) is 9.60. The van der Waals surface area contributed by atoms with Crippen molar-refractivity contribution in [2.24, 2.45) is 0 Å². The van der Waals surface area contributed by atoms with Crippen molar-refractivity contribution < 1.29 is 27.7 Å². The second-order valence-corrected chi connectivity index (χ2v) is 1.58. The highest BCUT2D eigenvalue weighted by atomic mass is 35.5. The number of halogens is 1. The Morgan fingerprint density at radius 2 is 2.30 bits per heavy atom. The average molecular weight is 166 g/mol. The number of ether oxygens (including phenoxy) is 1. The van der Waals surface area contributed by atoms with E-state index in [1.54, 1.807) is 5.94 Å². The Bertz CT molecular complexity index is 102. The lowest BCUT2D eigenvalue weighted by atomic mass is 10.3. The molecule has 60 valence electrons. The minimum atomic E-state index is 0. The highest BCUT2D eigenvalue weighted by molar-refractivity contribution is 5.44. The Balaban J connectivity index is 0. The maximum atomic E-state index is 9.60. The zero-order valence-electron chi connectivity index (χ0n) is 5.81. The van der Waals surface area contributed by atoms with Gasteiger partial charge in [0.05, 0.1) is 6.61 Å². The number of unbranched alkanes of at least 4 members (excludes halogenated alkanes) is 1. The van der Waals surface area contributed by atoms with Crippen molar-refractivity contribution in [2.75, 3.05) is 13.3 Å². The van der Waals surface area contributed by atoms with Crippen molar-refractivity contribution in [3.63, 3.8) is 0 Å². The molecule has 0 aromatic heterocycles. The summed E-state index contributed by atoms with van der Waals surface area (Å²) in [5, 5.41) is 0. The molecule has 3 nitrogen and oxygen atoms in total. The van der Waals surface area contributed by atoms with Crippen LogP contribution in [0.1, 0.15) is 12.8 Å². The second kappa shape index (κ2) is 11.5. The van der Waals surface area contributed by atoms with Gasteiger partial charge < -0.3 is 22.9 Å². The fourth-order valence-corrected chi connectivity index (χ4v) is 0.448. The van der Waals surface area contributed by atoms with Gasteiger partial charge in [0.1, 0.15) is 5.94 Å². The first-order valence-electron chi connectivity index (χ1n) is 2.98. The van der Waals surface area contributed by atoms with Crippen molar-refractivity contribution in [2.45, 2.75) is 12.8 Å². The molecule has 0 saturated carbocycles. The fraction of sp³-hybridized carbons (Fsp3) is 0.667. The van der Waals surface area contributed by atoms with Gasteiger partial charge in [-0.05, 0) is 18.9 Å². The van der Waals surface area contributed by atoms with Gasteiger partial charge in [0, 0.05) is 0 Å². The zero-order chi connectivity index (χ0) is 6.95. The quantitative estimate of drug-likeness (QED) is 0.260. The van der Waals surface area contributed by atoms with Gasteiger partial charge in [-0.15, -0.1) is 0 Å². The van der Waals surface area contributed by atoms with Gasteiger partial charge in [-0.2, -0.15) is 0 Å². The summed E-state index contributed by atoms with van der Waals surface area (Å²) < 4.78 is 4.92. The van der Waals surface area contributed by atoms with E-state index in [-0.39, 0.29) is 12.4 Å². The van der Waals surface area contributed by atoms with E-state index in [1.807, 2.05) is 0 Å². The van der Waals surface area contributed by atoms with Gasteiger partial charge in [0.25, 0.3) is 0 Å². The Hall–Kier alpha value is -0.340. The smallest absolute Gasteiger partial charge is 0.178 e.